The molecule has 0 aliphatic heterocycles. The van der Waals surface area contributed by atoms with Crippen LogP contribution in [-0.2, 0) is 20.8 Å². The molecular formula is C23H27NO6. The number of benzene rings is 2. The second kappa shape index (κ2) is 10.7. The van der Waals surface area contributed by atoms with Crippen molar-refractivity contribution in [3.63, 3.8) is 0 Å². The van der Waals surface area contributed by atoms with Crippen molar-refractivity contribution in [1.82, 2.24) is 4.57 Å². The van der Waals surface area contributed by atoms with Gasteiger partial charge in [0.25, 0.3) is 0 Å². The van der Waals surface area contributed by atoms with Crippen molar-refractivity contribution in [2.24, 2.45) is 0 Å². The fraction of sp³-hybridized carbons (Fsp3) is 0.348. The SMILES string of the molecule is COCCOC(=O)c1cc(OCCOC)cc2c1ccn2Cc1ccc(OC)cc1. The zero-order valence-corrected chi connectivity index (χ0v) is 17.6. The minimum Gasteiger partial charge on any atom is -0.497 e. The van der Waals surface area contributed by atoms with Crippen LogP contribution in [0.5, 0.6) is 11.5 Å². The van der Waals surface area contributed by atoms with E-state index in [4.69, 9.17) is 23.7 Å². The Morgan fingerprint density at radius 3 is 2.30 bits per heavy atom. The van der Waals surface area contributed by atoms with E-state index in [1.807, 2.05) is 42.6 Å². The first kappa shape index (κ1) is 21.7. The number of fused-ring (bicyclic) bond motifs is 1. The Labute approximate surface area is 176 Å². The van der Waals surface area contributed by atoms with Crippen LogP contribution in [-0.4, -0.2) is 58.3 Å². The molecule has 0 amide bonds. The lowest BCUT2D eigenvalue weighted by molar-refractivity contribution is 0.0390. The fourth-order valence-corrected chi connectivity index (χ4v) is 3.13. The number of hydrogen-bond acceptors (Lipinski definition) is 6. The third-order valence-electron chi connectivity index (χ3n) is 4.67. The highest BCUT2D eigenvalue weighted by Gasteiger charge is 2.17. The minimum atomic E-state index is -0.406. The predicted molar refractivity (Wildman–Crippen MR) is 114 cm³/mol. The summed E-state index contributed by atoms with van der Waals surface area (Å²) in [6.45, 7) is 2.03. The maximum absolute atomic E-state index is 12.7. The van der Waals surface area contributed by atoms with Crippen LogP contribution < -0.4 is 9.47 Å². The van der Waals surface area contributed by atoms with Crippen LogP contribution in [0.4, 0.5) is 0 Å². The van der Waals surface area contributed by atoms with E-state index < -0.39 is 5.97 Å². The van der Waals surface area contributed by atoms with Crippen molar-refractivity contribution in [3.8, 4) is 11.5 Å². The largest absolute Gasteiger partial charge is 0.497 e. The minimum absolute atomic E-state index is 0.193. The molecule has 3 aromatic rings. The van der Waals surface area contributed by atoms with Gasteiger partial charge in [0, 0.05) is 38.4 Å². The molecule has 0 aliphatic rings. The first-order chi connectivity index (χ1) is 14.7. The lowest BCUT2D eigenvalue weighted by Gasteiger charge is -2.12. The maximum atomic E-state index is 12.7. The summed E-state index contributed by atoms with van der Waals surface area (Å²) in [5.74, 6) is 0.996. The van der Waals surface area contributed by atoms with E-state index in [1.54, 1.807) is 27.4 Å². The number of ether oxygens (including phenoxy) is 5. The third-order valence-corrected chi connectivity index (χ3v) is 4.67. The van der Waals surface area contributed by atoms with Crippen LogP contribution in [0.1, 0.15) is 15.9 Å². The molecule has 1 aromatic heterocycles. The number of nitrogens with zero attached hydrogens (tertiary/aromatic N) is 1. The van der Waals surface area contributed by atoms with Crippen molar-refractivity contribution < 1.29 is 28.5 Å². The molecule has 0 saturated heterocycles. The number of esters is 1. The molecule has 0 bridgehead atoms. The molecule has 7 nitrogen and oxygen atoms in total. The second-order valence-corrected chi connectivity index (χ2v) is 6.67. The summed E-state index contributed by atoms with van der Waals surface area (Å²) in [6, 6.07) is 13.5. The monoisotopic (exact) mass is 413 g/mol. The van der Waals surface area contributed by atoms with Crippen molar-refractivity contribution in [2.45, 2.75) is 6.54 Å². The van der Waals surface area contributed by atoms with Gasteiger partial charge in [0.05, 0.1) is 31.4 Å². The first-order valence-corrected chi connectivity index (χ1v) is 9.70. The Kier molecular flexibility index (Phi) is 7.70. The van der Waals surface area contributed by atoms with Gasteiger partial charge < -0.3 is 28.3 Å². The van der Waals surface area contributed by atoms with Crippen molar-refractivity contribution in [3.05, 3.63) is 59.8 Å². The summed E-state index contributed by atoms with van der Waals surface area (Å²) in [5.41, 5.74) is 2.46. The van der Waals surface area contributed by atoms with Gasteiger partial charge in [-0.1, -0.05) is 12.1 Å². The van der Waals surface area contributed by atoms with Gasteiger partial charge in [-0.05, 0) is 29.8 Å². The molecule has 2 aromatic carbocycles. The van der Waals surface area contributed by atoms with Gasteiger partial charge in [0.2, 0.25) is 0 Å². The number of hydrogen-bond donors (Lipinski definition) is 0. The van der Waals surface area contributed by atoms with Gasteiger partial charge in [-0.2, -0.15) is 0 Å². The van der Waals surface area contributed by atoms with E-state index in [1.165, 1.54) is 0 Å². The van der Waals surface area contributed by atoms with Gasteiger partial charge in [-0.25, -0.2) is 4.79 Å². The smallest absolute Gasteiger partial charge is 0.339 e. The van der Waals surface area contributed by atoms with E-state index in [-0.39, 0.29) is 6.61 Å². The molecule has 3 rings (SSSR count). The van der Waals surface area contributed by atoms with E-state index in [2.05, 4.69) is 4.57 Å². The molecule has 0 atom stereocenters. The normalized spacial score (nSPS) is 10.9. The molecule has 0 fully saturated rings. The molecule has 0 radical (unpaired) electrons. The molecule has 7 heteroatoms. The Hall–Kier alpha value is -3.03. The Bertz CT molecular complexity index is 964. The summed E-state index contributed by atoms with van der Waals surface area (Å²) < 4.78 is 28.5. The van der Waals surface area contributed by atoms with Crippen LogP contribution in [0.15, 0.2) is 48.7 Å². The Morgan fingerprint density at radius 2 is 1.60 bits per heavy atom. The van der Waals surface area contributed by atoms with E-state index in [0.29, 0.717) is 37.7 Å². The molecular weight excluding hydrogens is 386 g/mol. The van der Waals surface area contributed by atoms with Crippen LogP contribution in [0.3, 0.4) is 0 Å². The topological polar surface area (TPSA) is 68.2 Å². The highest BCUT2D eigenvalue weighted by molar-refractivity contribution is 6.04. The van der Waals surface area contributed by atoms with Gasteiger partial charge >= 0.3 is 5.97 Å². The van der Waals surface area contributed by atoms with Gasteiger partial charge in [0.15, 0.2) is 0 Å². The Balaban J connectivity index is 1.92. The molecule has 0 unspecified atom stereocenters. The number of rotatable bonds is 11. The second-order valence-electron chi connectivity index (χ2n) is 6.67. The number of carbonyl (C=O) groups is 1. The molecule has 0 aliphatic carbocycles. The number of carbonyl (C=O) groups excluding carboxylic acids is 1. The lowest BCUT2D eigenvalue weighted by Crippen LogP contribution is -2.11. The summed E-state index contributed by atoms with van der Waals surface area (Å²) in [4.78, 5) is 12.7. The summed E-state index contributed by atoms with van der Waals surface area (Å²) >= 11 is 0. The third kappa shape index (κ3) is 5.31. The average Bonchev–Trinajstić information content (AvgIpc) is 3.16. The molecule has 0 saturated carbocycles. The zero-order chi connectivity index (χ0) is 21.3. The summed E-state index contributed by atoms with van der Waals surface area (Å²) in [7, 11) is 4.83. The highest BCUT2D eigenvalue weighted by Crippen LogP contribution is 2.28. The molecule has 0 spiro atoms. The van der Waals surface area contributed by atoms with Gasteiger partial charge in [-0.15, -0.1) is 0 Å². The van der Waals surface area contributed by atoms with Gasteiger partial charge in [-0.3, -0.25) is 0 Å². The van der Waals surface area contributed by atoms with Crippen molar-refractivity contribution in [2.75, 3.05) is 47.8 Å². The van der Waals surface area contributed by atoms with Gasteiger partial charge in [0.1, 0.15) is 24.7 Å². The predicted octanol–water partition coefficient (Wildman–Crippen LogP) is 3.53. The molecule has 0 N–H and O–H groups in total. The van der Waals surface area contributed by atoms with Crippen LogP contribution in [0.25, 0.3) is 10.9 Å². The average molecular weight is 413 g/mol. The quantitative estimate of drug-likeness (QED) is 0.354. The van der Waals surface area contributed by atoms with Crippen molar-refractivity contribution >= 4 is 16.9 Å². The van der Waals surface area contributed by atoms with Crippen LogP contribution in [0, 0.1) is 0 Å². The van der Waals surface area contributed by atoms with E-state index in [9.17, 15) is 4.79 Å². The van der Waals surface area contributed by atoms with E-state index >= 15 is 0 Å². The lowest BCUT2D eigenvalue weighted by atomic mass is 10.1. The maximum Gasteiger partial charge on any atom is 0.339 e. The molecule has 1 heterocycles. The van der Waals surface area contributed by atoms with Crippen LogP contribution >= 0.6 is 0 Å². The molecule has 160 valence electrons. The van der Waals surface area contributed by atoms with Crippen LogP contribution in [0.2, 0.25) is 0 Å². The number of methoxy groups -OCH3 is 3. The molecule has 30 heavy (non-hydrogen) atoms. The first-order valence-electron chi connectivity index (χ1n) is 9.70. The fourth-order valence-electron chi connectivity index (χ4n) is 3.13. The summed E-state index contributed by atoms with van der Waals surface area (Å²) in [6.07, 6.45) is 1.96. The summed E-state index contributed by atoms with van der Waals surface area (Å²) in [5, 5.41) is 0.810. The standard InChI is InChI=1S/C23H27NO6/c1-26-10-12-29-19-14-21(23(25)30-13-11-27-2)20-8-9-24(22(20)15-19)16-17-4-6-18(28-3)7-5-17/h4-9,14-15H,10-13,16H2,1-3H3. The number of aromatic nitrogens is 1. The zero-order valence-electron chi connectivity index (χ0n) is 17.6. The Morgan fingerprint density at radius 1 is 0.867 bits per heavy atom. The highest BCUT2D eigenvalue weighted by atomic mass is 16.6. The van der Waals surface area contributed by atoms with E-state index in [0.717, 1.165) is 22.2 Å². The van der Waals surface area contributed by atoms with Crippen molar-refractivity contribution in [1.29, 1.82) is 0 Å².